The van der Waals surface area contributed by atoms with Gasteiger partial charge in [0.1, 0.15) is 48.8 Å². The first kappa shape index (κ1) is 45.0. The Balaban J connectivity index is 1.14. The number of hydrogen-bond donors (Lipinski definition) is 9. The maximum atomic E-state index is 12.9. The van der Waals surface area contributed by atoms with Crippen molar-refractivity contribution < 1.29 is 74.4 Å². The quantitative estimate of drug-likeness (QED) is 0.105. The maximum absolute atomic E-state index is 12.9. The normalized spacial score (nSPS) is 52.1. The first-order valence-corrected chi connectivity index (χ1v) is 21.7. The van der Waals surface area contributed by atoms with Crippen molar-refractivity contribution in [2.45, 2.75) is 199 Å². The highest BCUT2D eigenvalue weighted by Gasteiger charge is 2.85. The van der Waals surface area contributed by atoms with E-state index in [2.05, 4.69) is 34.6 Å². The third-order valence-corrected chi connectivity index (χ3v) is 17.5. The molecule has 2 heterocycles. The minimum absolute atomic E-state index is 0.00605. The van der Waals surface area contributed by atoms with Gasteiger partial charge in [-0.15, -0.1) is 0 Å². The molecule has 0 amide bonds. The fraction of sp³-hybridized carbons (Fsp3) is 0.977. The van der Waals surface area contributed by atoms with Crippen LogP contribution in [0.1, 0.15) is 113 Å². The van der Waals surface area contributed by atoms with Crippen LogP contribution in [-0.4, -0.2) is 150 Å². The minimum Gasteiger partial charge on any atom is -0.462 e. The average Bonchev–Trinajstić information content (AvgIpc) is 3.73. The van der Waals surface area contributed by atoms with E-state index in [1.807, 2.05) is 0 Å². The number of fused-ring (bicyclic) bond motifs is 2. The van der Waals surface area contributed by atoms with Crippen LogP contribution in [0.15, 0.2) is 0 Å². The molecular weight excluding hydrogens is 756 g/mol. The molecule has 7 rings (SSSR count). The lowest BCUT2D eigenvalue weighted by Gasteiger charge is -2.64. The topological polar surface area (TPSA) is 245 Å². The van der Waals surface area contributed by atoms with E-state index in [1.54, 1.807) is 13.8 Å². The van der Waals surface area contributed by atoms with Crippen molar-refractivity contribution in [1.82, 2.24) is 0 Å². The summed E-state index contributed by atoms with van der Waals surface area (Å²) in [5, 5.41) is 95.9. The van der Waals surface area contributed by atoms with Gasteiger partial charge in [0, 0.05) is 12.8 Å². The molecule has 5 aliphatic carbocycles. The molecule has 0 radical (unpaired) electrons. The number of carbonyl (C=O) groups excluding carboxylic acids is 1. The van der Waals surface area contributed by atoms with Gasteiger partial charge in [-0.2, -0.15) is 0 Å². The molecule has 0 aromatic rings. The molecule has 2 aliphatic heterocycles. The maximum Gasteiger partial charge on any atom is 0.302 e. The Hall–Kier alpha value is -1.05. The van der Waals surface area contributed by atoms with E-state index in [9.17, 15) is 50.8 Å². The average molecular weight is 829 g/mol. The fourth-order valence-corrected chi connectivity index (χ4v) is 14.5. The molecule has 0 aromatic heterocycles. The Morgan fingerprint density at radius 1 is 0.862 bits per heavy atom. The number of ether oxygens (including phenoxy) is 5. The summed E-state index contributed by atoms with van der Waals surface area (Å²) in [6, 6.07) is 0. The van der Waals surface area contributed by atoms with Crippen molar-refractivity contribution in [3.8, 4) is 0 Å². The van der Waals surface area contributed by atoms with Gasteiger partial charge in [0.15, 0.2) is 12.6 Å². The molecule has 5 saturated carbocycles. The van der Waals surface area contributed by atoms with Crippen LogP contribution < -0.4 is 0 Å². The summed E-state index contributed by atoms with van der Waals surface area (Å²) < 4.78 is 30.6. The third-order valence-electron chi connectivity index (χ3n) is 17.5. The Morgan fingerprint density at radius 3 is 2.19 bits per heavy atom. The summed E-state index contributed by atoms with van der Waals surface area (Å²) in [6.07, 6.45) is -8.99. The van der Waals surface area contributed by atoms with E-state index in [0.29, 0.717) is 32.1 Å². The van der Waals surface area contributed by atoms with E-state index in [4.69, 9.17) is 23.7 Å². The monoisotopic (exact) mass is 828 g/mol. The van der Waals surface area contributed by atoms with Crippen molar-refractivity contribution in [2.24, 2.45) is 50.7 Å². The van der Waals surface area contributed by atoms with Crippen LogP contribution >= 0.6 is 0 Å². The number of aliphatic hydroxyl groups excluding tert-OH is 8. The molecule has 15 nitrogen and oxygen atoms in total. The van der Waals surface area contributed by atoms with Crippen molar-refractivity contribution in [2.75, 3.05) is 13.2 Å². The van der Waals surface area contributed by atoms with Gasteiger partial charge in [0.2, 0.25) is 0 Å². The second-order valence-corrected chi connectivity index (χ2v) is 21.3. The van der Waals surface area contributed by atoms with Gasteiger partial charge in [-0.25, -0.2) is 0 Å². The van der Waals surface area contributed by atoms with E-state index in [-0.39, 0.29) is 57.9 Å². The third kappa shape index (κ3) is 6.84. The first-order chi connectivity index (χ1) is 26.9. The zero-order valence-electron chi connectivity index (χ0n) is 35.6. The van der Waals surface area contributed by atoms with Crippen LogP contribution in [-0.2, 0) is 28.5 Å². The fourth-order valence-electron chi connectivity index (χ4n) is 14.5. The SMILES string of the molecule is CC(=O)O[C@@H]1C[C@H]2[C@@]3(CC[C@@]4(C)[C@H]([C@@H](C)CC[C@H](O)C(C)(C)O)[C@H](O)C[C@]24C)C[C@]32CC[C@@H](O[C@H]3OC[C@H](O)[C@@H](O)[C@@H]3O[C@H]3O[C@@H](CO)[C@H](O)[C@@H](O)[C@@H]3O)C(C)(C)[C@@H]12. The summed E-state index contributed by atoms with van der Waals surface area (Å²) >= 11 is 0. The standard InChI is InChI=1S/C43H72O15/c1-20(9-10-27(48)39(5,6)53)29-22(46)16-41(8)26-15-24(55-21(2)45)35-38(3,4)28(11-12-43(35)19-42(26,43)14-13-40(29,41)7)57-37-34(30(49)23(47)18-54-37)58-36-33(52)32(51)31(50)25(17-44)56-36/h20,22-37,44,46-53H,9-19H2,1-8H3/t20-,22+,23-,24+,25-,26+,27-,28+,29+,30+,31-,32+,33-,34-,35+,36+,37+,40-,41+,42+,43-/m0/s1. The first-order valence-electron chi connectivity index (χ1n) is 21.7. The second kappa shape index (κ2) is 15.3. The summed E-state index contributed by atoms with van der Waals surface area (Å²) in [5.41, 5.74) is -2.41. The summed E-state index contributed by atoms with van der Waals surface area (Å²) in [5.74, 6) is -0.147. The molecule has 0 bridgehead atoms. The molecular formula is C43H72O15. The molecule has 2 saturated heterocycles. The molecule has 9 N–H and O–H groups in total. The molecule has 15 heteroatoms. The van der Waals surface area contributed by atoms with Crippen molar-refractivity contribution in [3.63, 3.8) is 0 Å². The lowest BCUT2D eigenvalue weighted by Crippen LogP contribution is -2.64. The van der Waals surface area contributed by atoms with E-state index in [0.717, 1.165) is 25.7 Å². The molecule has 0 aromatic carbocycles. The Kier molecular flexibility index (Phi) is 11.9. The van der Waals surface area contributed by atoms with Crippen LogP contribution in [0.25, 0.3) is 0 Å². The number of carbonyl (C=O) groups is 1. The van der Waals surface area contributed by atoms with Crippen LogP contribution in [0.3, 0.4) is 0 Å². The van der Waals surface area contributed by atoms with E-state index in [1.165, 1.54) is 6.92 Å². The van der Waals surface area contributed by atoms with Gasteiger partial charge < -0.3 is 69.6 Å². The van der Waals surface area contributed by atoms with Gasteiger partial charge in [0.05, 0.1) is 37.1 Å². The molecule has 7 aliphatic rings. The predicted octanol–water partition coefficient (Wildman–Crippen LogP) is 1.13. The van der Waals surface area contributed by atoms with Gasteiger partial charge in [-0.3, -0.25) is 4.79 Å². The smallest absolute Gasteiger partial charge is 0.302 e. The number of esters is 1. The highest BCUT2D eigenvalue weighted by Crippen LogP contribution is 2.89. The highest BCUT2D eigenvalue weighted by atomic mass is 16.8. The van der Waals surface area contributed by atoms with Crippen LogP contribution in [0, 0.1) is 50.7 Å². The Morgan fingerprint density at radius 2 is 1.55 bits per heavy atom. The Labute approximate surface area is 342 Å². The zero-order valence-corrected chi connectivity index (χ0v) is 35.6. The predicted molar refractivity (Wildman–Crippen MR) is 205 cm³/mol. The number of hydrogen-bond acceptors (Lipinski definition) is 15. The van der Waals surface area contributed by atoms with Crippen molar-refractivity contribution in [3.05, 3.63) is 0 Å². The molecule has 58 heavy (non-hydrogen) atoms. The van der Waals surface area contributed by atoms with E-state index >= 15 is 0 Å². The highest BCUT2D eigenvalue weighted by molar-refractivity contribution is 5.66. The van der Waals surface area contributed by atoms with Crippen molar-refractivity contribution in [1.29, 1.82) is 0 Å². The minimum atomic E-state index is -1.74. The lowest BCUT2D eigenvalue weighted by atomic mass is 9.41. The molecule has 0 unspecified atom stereocenters. The molecule has 334 valence electrons. The summed E-state index contributed by atoms with van der Waals surface area (Å²) in [6.45, 7) is 14.9. The van der Waals surface area contributed by atoms with E-state index < -0.39 is 97.3 Å². The van der Waals surface area contributed by atoms with Crippen LogP contribution in [0.5, 0.6) is 0 Å². The van der Waals surface area contributed by atoms with Gasteiger partial charge in [-0.05, 0) is 116 Å². The van der Waals surface area contributed by atoms with Crippen molar-refractivity contribution >= 4 is 5.97 Å². The summed E-state index contributed by atoms with van der Waals surface area (Å²) in [7, 11) is 0. The molecule has 2 spiro atoms. The van der Waals surface area contributed by atoms with Crippen LogP contribution in [0.2, 0.25) is 0 Å². The number of aliphatic hydroxyl groups is 9. The molecule has 7 fully saturated rings. The lowest BCUT2D eigenvalue weighted by molar-refractivity contribution is -0.366. The Bertz CT molecular complexity index is 1500. The van der Waals surface area contributed by atoms with Crippen LogP contribution in [0.4, 0.5) is 0 Å². The van der Waals surface area contributed by atoms with Gasteiger partial charge in [0.25, 0.3) is 0 Å². The van der Waals surface area contributed by atoms with Gasteiger partial charge >= 0.3 is 5.97 Å². The summed E-state index contributed by atoms with van der Waals surface area (Å²) in [4.78, 5) is 12.9. The number of rotatable bonds is 11. The second-order valence-electron chi connectivity index (χ2n) is 21.3. The zero-order chi connectivity index (χ0) is 42.7. The largest absolute Gasteiger partial charge is 0.462 e. The molecule has 21 atom stereocenters. The van der Waals surface area contributed by atoms with Gasteiger partial charge in [-0.1, -0.05) is 34.6 Å².